The topological polar surface area (TPSA) is 15.3 Å². The molecule has 1 aliphatic carbocycles. The molecule has 0 saturated heterocycles. The minimum Gasteiger partial charge on any atom is -0.369 e. The van der Waals surface area contributed by atoms with Crippen LogP contribution < -0.4 is 10.2 Å². The van der Waals surface area contributed by atoms with Gasteiger partial charge in [0.15, 0.2) is 0 Å². The first-order valence-electron chi connectivity index (χ1n) is 6.96. The van der Waals surface area contributed by atoms with Crippen LogP contribution in [0.1, 0.15) is 38.2 Å². The molecule has 0 aromatic heterocycles. The van der Waals surface area contributed by atoms with E-state index < -0.39 is 0 Å². The smallest absolute Gasteiger partial charge is 0.123 e. The minimum absolute atomic E-state index is 0.147. The lowest BCUT2D eigenvalue weighted by atomic mass is 10.1. The Labute approximate surface area is 109 Å². The molecule has 0 amide bonds. The van der Waals surface area contributed by atoms with Crippen LogP contribution in [0.2, 0.25) is 0 Å². The Morgan fingerprint density at radius 3 is 2.67 bits per heavy atom. The molecular weight excluding hydrogens is 227 g/mol. The molecule has 18 heavy (non-hydrogen) atoms. The van der Waals surface area contributed by atoms with Crippen molar-refractivity contribution < 1.29 is 4.39 Å². The molecule has 0 radical (unpaired) electrons. The zero-order chi connectivity index (χ0) is 13.0. The third kappa shape index (κ3) is 2.83. The van der Waals surface area contributed by atoms with E-state index in [4.69, 9.17) is 0 Å². The van der Waals surface area contributed by atoms with Gasteiger partial charge in [0.05, 0.1) is 0 Å². The summed E-state index contributed by atoms with van der Waals surface area (Å²) in [5, 5.41) is 3.13. The van der Waals surface area contributed by atoms with Gasteiger partial charge in [-0.15, -0.1) is 0 Å². The lowest BCUT2D eigenvalue weighted by Crippen LogP contribution is -2.34. The summed E-state index contributed by atoms with van der Waals surface area (Å²) in [6.07, 6.45) is 5.18. The van der Waals surface area contributed by atoms with Gasteiger partial charge in [-0.3, -0.25) is 0 Å². The summed E-state index contributed by atoms with van der Waals surface area (Å²) in [7, 11) is 1.90. The molecule has 2 rings (SSSR count). The fraction of sp³-hybridized carbons (Fsp3) is 0.600. The molecule has 2 nitrogen and oxygen atoms in total. The molecule has 3 heteroatoms. The van der Waals surface area contributed by atoms with Crippen molar-refractivity contribution in [2.24, 2.45) is 0 Å². The number of hydrogen-bond acceptors (Lipinski definition) is 2. The fourth-order valence-electron chi connectivity index (χ4n) is 3.01. The zero-order valence-corrected chi connectivity index (χ0v) is 11.4. The largest absolute Gasteiger partial charge is 0.369 e. The number of nitrogens with zero attached hydrogens (tertiary/aromatic N) is 1. The molecule has 100 valence electrons. The van der Waals surface area contributed by atoms with Crippen LogP contribution in [0.3, 0.4) is 0 Å². The molecule has 1 aromatic carbocycles. The summed E-state index contributed by atoms with van der Waals surface area (Å²) < 4.78 is 13.4. The summed E-state index contributed by atoms with van der Waals surface area (Å²) in [5.41, 5.74) is 2.26. The first-order valence-corrected chi connectivity index (χ1v) is 6.96. The van der Waals surface area contributed by atoms with Crippen molar-refractivity contribution >= 4 is 5.69 Å². The van der Waals surface area contributed by atoms with Crippen LogP contribution in [0.5, 0.6) is 0 Å². The monoisotopic (exact) mass is 250 g/mol. The summed E-state index contributed by atoms with van der Waals surface area (Å²) >= 11 is 0. The second kappa shape index (κ2) is 6.19. The molecule has 0 bridgehead atoms. The van der Waals surface area contributed by atoms with E-state index >= 15 is 0 Å². The molecule has 0 heterocycles. The number of halogens is 1. The normalized spacial score (nSPS) is 16.2. The SMILES string of the molecule is CCN(c1ccc(F)cc1CNC)C1CCCC1. The van der Waals surface area contributed by atoms with Crippen molar-refractivity contribution in [1.29, 1.82) is 0 Å². The van der Waals surface area contributed by atoms with E-state index in [9.17, 15) is 4.39 Å². The standard InChI is InChI=1S/C15H23FN2/c1-3-18(14-6-4-5-7-14)15-9-8-13(16)10-12(15)11-17-2/h8-10,14,17H,3-7,11H2,1-2H3. The van der Waals surface area contributed by atoms with Crippen molar-refractivity contribution in [2.45, 2.75) is 45.2 Å². The van der Waals surface area contributed by atoms with Crippen LogP contribution in [0.25, 0.3) is 0 Å². The van der Waals surface area contributed by atoms with Crippen molar-refractivity contribution in [2.75, 3.05) is 18.5 Å². The van der Waals surface area contributed by atoms with Gasteiger partial charge in [-0.2, -0.15) is 0 Å². The minimum atomic E-state index is -0.147. The maximum absolute atomic E-state index is 13.4. The summed E-state index contributed by atoms with van der Waals surface area (Å²) in [4.78, 5) is 2.44. The highest BCUT2D eigenvalue weighted by Crippen LogP contribution is 2.30. The lowest BCUT2D eigenvalue weighted by Gasteiger charge is -2.32. The molecule has 1 saturated carbocycles. The quantitative estimate of drug-likeness (QED) is 0.862. The van der Waals surface area contributed by atoms with Gasteiger partial charge >= 0.3 is 0 Å². The summed E-state index contributed by atoms with van der Waals surface area (Å²) in [5.74, 6) is -0.147. The molecule has 0 spiro atoms. The molecular formula is C15H23FN2. The average molecular weight is 250 g/mol. The van der Waals surface area contributed by atoms with Crippen molar-refractivity contribution in [3.8, 4) is 0 Å². The lowest BCUT2D eigenvalue weighted by molar-refractivity contribution is 0.605. The van der Waals surface area contributed by atoms with Crippen molar-refractivity contribution in [1.82, 2.24) is 5.32 Å². The van der Waals surface area contributed by atoms with E-state index in [-0.39, 0.29) is 5.82 Å². The van der Waals surface area contributed by atoms with Gasteiger partial charge in [0.25, 0.3) is 0 Å². The predicted octanol–water partition coefficient (Wildman–Crippen LogP) is 3.31. The first kappa shape index (κ1) is 13.3. The molecule has 1 N–H and O–H groups in total. The Balaban J connectivity index is 2.28. The van der Waals surface area contributed by atoms with Crippen molar-refractivity contribution in [3.05, 3.63) is 29.6 Å². The second-order valence-electron chi connectivity index (χ2n) is 5.03. The Morgan fingerprint density at radius 2 is 2.06 bits per heavy atom. The molecule has 1 aromatic rings. The van der Waals surface area contributed by atoms with E-state index in [0.717, 1.165) is 18.7 Å². The van der Waals surface area contributed by atoms with Crippen molar-refractivity contribution in [3.63, 3.8) is 0 Å². The molecule has 1 fully saturated rings. The van der Waals surface area contributed by atoms with Crippen LogP contribution in [0.15, 0.2) is 18.2 Å². The fourth-order valence-corrected chi connectivity index (χ4v) is 3.01. The number of anilines is 1. The van der Waals surface area contributed by atoms with E-state index in [1.807, 2.05) is 13.1 Å². The predicted molar refractivity (Wildman–Crippen MR) is 74.4 cm³/mol. The van der Waals surface area contributed by atoms with Gasteiger partial charge in [-0.25, -0.2) is 4.39 Å². The number of benzene rings is 1. The first-order chi connectivity index (χ1) is 8.76. The average Bonchev–Trinajstić information content (AvgIpc) is 2.87. The van der Waals surface area contributed by atoms with Gasteiger partial charge in [0, 0.05) is 24.8 Å². The van der Waals surface area contributed by atoms with E-state index in [1.165, 1.54) is 31.4 Å². The van der Waals surface area contributed by atoms with Gasteiger partial charge in [0.2, 0.25) is 0 Å². The van der Waals surface area contributed by atoms with Gasteiger partial charge in [-0.05, 0) is 50.6 Å². The van der Waals surface area contributed by atoms with Gasteiger partial charge in [-0.1, -0.05) is 12.8 Å². The van der Waals surface area contributed by atoms with E-state index in [2.05, 4.69) is 17.1 Å². The van der Waals surface area contributed by atoms with Crippen LogP contribution in [0.4, 0.5) is 10.1 Å². The van der Waals surface area contributed by atoms with E-state index in [1.54, 1.807) is 12.1 Å². The summed E-state index contributed by atoms with van der Waals surface area (Å²) in [6.45, 7) is 3.90. The Morgan fingerprint density at radius 1 is 1.33 bits per heavy atom. The zero-order valence-electron chi connectivity index (χ0n) is 11.4. The highest BCUT2D eigenvalue weighted by atomic mass is 19.1. The van der Waals surface area contributed by atoms with Crippen LogP contribution in [0, 0.1) is 5.82 Å². The van der Waals surface area contributed by atoms with Crippen LogP contribution in [-0.2, 0) is 6.54 Å². The molecule has 0 unspecified atom stereocenters. The third-order valence-corrected chi connectivity index (χ3v) is 3.82. The van der Waals surface area contributed by atoms with Crippen LogP contribution >= 0.6 is 0 Å². The Hall–Kier alpha value is -1.09. The second-order valence-corrected chi connectivity index (χ2v) is 5.03. The summed E-state index contributed by atoms with van der Waals surface area (Å²) in [6, 6.07) is 5.80. The number of hydrogen-bond donors (Lipinski definition) is 1. The highest BCUT2D eigenvalue weighted by Gasteiger charge is 2.23. The maximum Gasteiger partial charge on any atom is 0.123 e. The van der Waals surface area contributed by atoms with E-state index in [0.29, 0.717) is 6.04 Å². The molecule has 0 aliphatic heterocycles. The number of rotatable bonds is 5. The highest BCUT2D eigenvalue weighted by molar-refractivity contribution is 5.54. The van der Waals surface area contributed by atoms with Gasteiger partial charge in [0.1, 0.15) is 5.82 Å². The van der Waals surface area contributed by atoms with Gasteiger partial charge < -0.3 is 10.2 Å². The molecule has 1 aliphatic rings. The Bertz CT molecular complexity index is 386. The Kier molecular flexibility index (Phi) is 4.59. The number of nitrogens with one attached hydrogen (secondary N) is 1. The maximum atomic E-state index is 13.4. The third-order valence-electron chi connectivity index (χ3n) is 3.82. The van der Waals surface area contributed by atoms with Crippen LogP contribution in [-0.4, -0.2) is 19.6 Å². The molecule has 0 atom stereocenters.